The van der Waals surface area contributed by atoms with Crippen LogP contribution < -0.4 is 0 Å². The van der Waals surface area contributed by atoms with Gasteiger partial charge in [-0.2, -0.15) is 19.8 Å². The molecule has 0 aliphatic carbocycles. The summed E-state index contributed by atoms with van der Waals surface area (Å²) in [4.78, 5) is 25.6. The van der Waals surface area contributed by atoms with E-state index in [4.69, 9.17) is 0 Å². The minimum absolute atomic E-state index is 0.244. The number of amides is 2. The number of nitrogens with zero attached hydrogens (tertiary/aromatic N) is 5. The highest BCUT2D eigenvalue weighted by molar-refractivity contribution is 5.66. The molecule has 1 saturated heterocycles. The van der Waals surface area contributed by atoms with Crippen molar-refractivity contribution >= 4 is 6.03 Å². The Morgan fingerprint density at radius 3 is 2.42 bits per heavy atom. The van der Waals surface area contributed by atoms with Crippen molar-refractivity contribution in [2.45, 2.75) is 6.54 Å². The Balaban J connectivity index is 1.73. The van der Waals surface area contributed by atoms with Crippen LogP contribution in [0.5, 0.6) is 0 Å². The van der Waals surface area contributed by atoms with Gasteiger partial charge in [-0.3, -0.25) is 0 Å². The minimum Gasteiger partial charge on any atom is -0.214 e. The third-order valence-corrected chi connectivity index (χ3v) is 3.02. The van der Waals surface area contributed by atoms with Crippen molar-refractivity contribution in [3.63, 3.8) is 0 Å². The Kier molecular flexibility index (Phi) is 2.79. The molecule has 0 unspecified atom stereocenters. The molecule has 7 nitrogen and oxygen atoms in total. The molecule has 96 valence electrons. The Morgan fingerprint density at radius 1 is 1.16 bits per heavy atom. The minimum atomic E-state index is -0.460. The summed E-state index contributed by atoms with van der Waals surface area (Å²) >= 11 is 0. The van der Waals surface area contributed by atoms with Crippen molar-refractivity contribution < 1.29 is 9.55 Å². The predicted molar refractivity (Wildman–Crippen MR) is 65.7 cm³/mol. The molecule has 0 saturated carbocycles. The molecule has 0 atom stereocenters. The van der Waals surface area contributed by atoms with Gasteiger partial charge < -0.3 is 0 Å². The summed E-state index contributed by atoms with van der Waals surface area (Å²) in [7, 11) is 0. The van der Waals surface area contributed by atoms with Crippen LogP contribution in [0.4, 0.5) is 4.79 Å². The molecule has 2 aromatic rings. The smallest absolute Gasteiger partial charge is 0.214 e. The number of rotatable bonds is 3. The Hall–Kier alpha value is -2.57. The number of carbonyl (C=O) groups excluding carboxylic acids is 1. The van der Waals surface area contributed by atoms with E-state index in [0.29, 0.717) is 17.8 Å². The highest BCUT2D eigenvalue weighted by Gasteiger charge is 2.37. The van der Waals surface area contributed by atoms with Crippen molar-refractivity contribution in [2.75, 3.05) is 13.1 Å². The second-order valence-electron chi connectivity index (χ2n) is 4.29. The van der Waals surface area contributed by atoms with E-state index in [0.717, 1.165) is 11.3 Å². The highest BCUT2D eigenvalue weighted by Crippen LogP contribution is 2.12. The monoisotopic (exact) mass is 258 g/mol. The molecule has 1 aromatic heterocycles. The van der Waals surface area contributed by atoms with Gasteiger partial charge in [-0.25, -0.2) is 4.90 Å². The molecular weight excluding hydrogens is 246 g/mol. The zero-order chi connectivity index (χ0) is 13.2. The maximum absolute atomic E-state index is 11.5. The first-order chi connectivity index (χ1) is 9.24. The van der Waals surface area contributed by atoms with Crippen LogP contribution in [-0.2, 0) is 6.54 Å². The average Bonchev–Trinajstić information content (AvgIpc) is 3.06. The summed E-state index contributed by atoms with van der Waals surface area (Å²) in [5.41, 5.74) is 1.83. The number of aromatic nitrogens is 3. The molecule has 19 heavy (non-hydrogen) atoms. The third kappa shape index (κ3) is 2.22. The largest absolute Gasteiger partial charge is 0.532 e. The number of hydrogen-bond acceptors (Lipinski definition) is 4. The van der Waals surface area contributed by atoms with Gasteiger partial charge in [-0.05, 0) is 17.7 Å². The van der Waals surface area contributed by atoms with Crippen molar-refractivity contribution in [1.29, 1.82) is 0 Å². The van der Waals surface area contributed by atoms with Gasteiger partial charge in [0, 0.05) is 4.76 Å². The molecule has 1 aromatic carbocycles. The molecule has 7 heteroatoms. The Morgan fingerprint density at radius 2 is 1.84 bits per heavy atom. The molecule has 3 rings (SSSR count). The van der Waals surface area contributed by atoms with Crippen LogP contribution in [0.1, 0.15) is 5.56 Å². The van der Waals surface area contributed by atoms with Gasteiger partial charge in [0.1, 0.15) is 13.1 Å². The summed E-state index contributed by atoms with van der Waals surface area (Å²) in [6.45, 7) is 1.17. The van der Waals surface area contributed by atoms with Gasteiger partial charge in [-0.15, -0.1) is 0 Å². The van der Waals surface area contributed by atoms with Crippen LogP contribution in [0.2, 0.25) is 0 Å². The molecule has 0 bridgehead atoms. The maximum Gasteiger partial charge on any atom is 0.532 e. The molecule has 1 aliphatic rings. The summed E-state index contributed by atoms with van der Waals surface area (Å²) in [6.07, 6.45) is 3.22. The lowest BCUT2D eigenvalue weighted by Crippen LogP contribution is -2.25. The lowest BCUT2D eigenvalue weighted by Gasteiger charge is -2.06. The second-order valence-corrected chi connectivity index (χ2v) is 4.29. The van der Waals surface area contributed by atoms with Crippen molar-refractivity contribution in [1.82, 2.24) is 19.9 Å². The molecule has 0 N–H and O–H groups in total. The predicted octanol–water partition coefficient (Wildman–Crippen LogP) is 0.982. The second kappa shape index (κ2) is 4.60. The quantitative estimate of drug-likeness (QED) is 0.769. The molecule has 2 heterocycles. The molecule has 1 aliphatic heterocycles. The summed E-state index contributed by atoms with van der Waals surface area (Å²) in [6, 6.07) is 7.10. The van der Waals surface area contributed by atoms with Crippen LogP contribution >= 0.6 is 0 Å². The van der Waals surface area contributed by atoms with E-state index in [9.17, 15) is 9.70 Å². The third-order valence-electron chi connectivity index (χ3n) is 3.02. The maximum atomic E-state index is 11.5. The van der Waals surface area contributed by atoms with E-state index in [1.54, 1.807) is 12.4 Å². The topological polar surface area (TPSA) is 71.1 Å². The molecule has 1 fully saturated rings. The number of urea groups is 1. The molecule has 0 spiro atoms. The van der Waals surface area contributed by atoms with E-state index in [-0.39, 0.29) is 6.54 Å². The van der Waals surface area contributed by atoms with Crippen molar-refractivity contribution in [2.24, 2.45) is 0 Å². The summed E-state index contributed by atoms with van der Waals surface area (Å²) in [5.74, 6) is 0. The van der Waals surface area contributed by atoms with E-state index in [1.165, 1.54) is 9.70 Å². The van der Waals surface area contributed by atoms with Gasteiger partial charge in [0.2, 0.25) is 0 Å². The number of carbonyl (C=O) groups is 1. The van der Waals surface area contributed by atoms with E-state index < -0.39 is 6.03 Å². The van der Waals surface area contributed by atoms with Crippen LogP contribution in [0.15, 0.2) is 36.7 Å². The lowest BCUT2D eigenvalue weighted by atomic mass is 10.2. The molecule has 2 amide bonds. The zero-order valence-electron chi connectivity index (χ0n) is 10.1. The summed E-state index contributed by atoms with van der Waals surface area (Å²) in [5, 5.41) is 8.07. The van der Waals surface area contributed by atoms with E-state index in [2.05, 4.69) is 10.2 Å². The number of nitroso groups, excluding NO2 is 1. The van der Waals surface area contributed by atoms with Gasteiger partial charge in [0.25, 0.3) is 0 Å². The zero-order valence-corrected chi connectivity index (χ0v) is 10.1. The van der Waals surface area contributed by atoms with Crippen LogP contribution in [0.3, 0.4) is 0 Å². The first-order valence-corrected chi connectivity index (χ1v) is 5.93. The number of hydrogen-bond donors (Lipinski definition) is 0. The molecular formula is C12H12N5O2+. The van der Waals surface area contributed by atoms with E-state index >= 15 is 0 Å². The SMILES string of the molecule is O=C1N(Cc2ccc(-n3nccn3)cc2)CC[N+]1=O. The first-order valence-electron chi connectivity index (χ1n) is 5.93. The fraction of sp³-hybridized carbons (Fsp3) is 0.250. The molecule has 0 radical (unpaired) electrons. The first kappa shape index (κ1) is 11.5. The van der Waals surface area contributed by atoms with Gasteiger partial charge >= 0.3 is 6.03 Å². The summed E-state index contributed by atoms with van der Waals surface area (Å²) < 4.78 is 0.488. The van der Waals surface area contributed by atoms with Crippen molar-refractivity contribution in [3.8, 4) is 5.69 Å². The van der Waals surface area contributed by atoms with Crippen molar-refractivity contribution in [3.05, 3.63) is 47.1 Å². The van der Waals surface area contributed by atoms with E-state index in [1.807, 2.05) is 24.3 Å². The highest BCUT2D eigenvalue weighted by atomic mass is 16.3. The standard InChI is InChI=1S/C12H12N5O2/c18-12-15(7-8-16(12)19)9-10-1-3-11(4-2-10)17-13-5-6-14-17/h1-6H,7-9H2/q+1. The fourth-order valence-corrected chi connectivity index (χ4v) is 2.01. The van der Waals surface area contributed by atoms with Gasteiger partial charge in [-0.1, -0.05) is 17.0 Å². The van der Waals surface area contributed by atoms with Gasteiger partial charge in [0.15, 0.2) is 6.54 Å². The van der Waals surface area contributed by atoms with Crippen LogP contribution in [-0.4, -0.2) is 43.8 Å². The Labute approximate surface area is 109 Å². The normalized spacial score (nSPS) is 15.3. The number of benzene rings is 1. The van der Waals surface area contributed by atoms with Gasteiger partial charge in [0.05, 0.1) is 18.1 Å². The fourth-order valence-electron chi connectivity index (χ4n) is 2.01. The Bertz CT molecular complexity index is 606. The van der Waals surface area contributed by atoms with Crippen LogP contribution in [0.25, 0.3) is 5.69 Å². The lowest BCUT2D eigenvalue weighted by molar-refractivity contribution is -0.433. The van der Waals surface area contributed by atoms with Crippen LogP contribution in [0, 0.1) is 4.91 Å². The average molecular weight is 258 g/mol.